The number of rotatable bonds is 7. The molecule has 0 fully saturated rings. The second-order valence-corrected chi connectivity index (χ2v) is 7.50. The van der Waals surface area contributed by atoms with Crippen molar-refractivity contribution in [3.8, 4) is 17.1 Å². The number of aromatic nitrogens is 3. The van der Waals surface area contributed by atoms with Crippen LogP contribution in [0, 0.1) is 22.9 Å². The minimum Gasteiger partial charge on any atom is -0.492 e. The third-order valence-corrected chi connectivity index (χ3v) is 5.31. The van der Waals surface area contributed by atoms with Gasteiger partial charge in [-0.15, -0.1) is 0 Å². The third-order valence-electron chi connectivity index (χ3n) is 5.01. The molecule has 2 heterocycles. The van der Waals surface area contributed by atoms with E-state index < -0.39 is 16.7 Å². The number of carbonyl (C=O) groups is 1. The van der Waals surface area contributed by atoms with Crippen molar-refractivity contribution in [1.29, 1.82) is 0 Å². The minimum atomic E-state index is -0.798. The van der Waals surface area contributed by atoms with Crippen molar-refractivity contribution < 1.29 is 23.6 Å². The second-order valence-electron chi connectivity index (χ2n) is 7.10. The van der Waals surface area contributed by atoms with Crippen LogP contribution >= 0.6 is 11.6 Å². The van der Waals surface area contributed by atoms with Crippen molar-refractivity contribution in [2.45, 2.75) is 20.4 Å². The van der Waals surface area contributed by atoms with E-state index in [9.17, 15) is 14.9 Å². The number of nitrogens with zero attached hydrogens (tertiary/aromatic N) is 4. The van der Waals surface area contributed by atoms with E-state index in [0.717, 1.165) is 6.08 Å². The van der Waals surface area contributed by atoms with Crippen LogP contribution in [-0.2, 0) is 11.3 Å². The van der Waals surface area contributed by atoms with E-state index in [4.69, 9.17) is 21.1 Å². The molecule has 33 heavy (non-hydrogen) atoms. The van der Waals surface area contributed by atoms with Gasteiger partial charge in [0.05, 0.1) is 41.7 Å². The van der Waals surface area contributed by atoms with Crippen LogP contribution in [0.15, 0.2) is 42.3 Å². The monoisotopic (exact) mass is 474 g/mol. The van der Waals surface area contributed by atoms with Crippen LogP contribution in [-0.4, -0.2) is 39.6 Å². The van der Waals surface area contributed by atoms with Gasteiger partial charge in [-0.05, 0) is 31.5 Å². The van der Waals surface area contributed by atoms with Crippen LogP contribution in [0.3, 0.4) is 0 Å². The SMILES string of the molecule is C=C/C(=C(\C)Cn1cc(C)c2c(C(=O)OC)nc(-c3ccc(Cl)c(OC)c3F)nc21)[N+](=O)[O-]. The first-order chi connectivity index (χ1) is 15.6. The Bertz CT molecular complexity index is 1330. The Morgan fingerprint density at radius 3 is 2.64 bits per heavy atom. The molecule has 1 aromatic carbocycles. The van der Waals surface area contributed by atoms with Crippen molar-refractivity contribution in [3.63, 3.8) is 0 Å². The summed E-state index contributed by atoms with van der Waals surface area (Å²) in [7, 11) is 2.47. The average Bonchev–Trinajstić information content (AvgIpc) is 3.08. The molecule has 0 N–H and O–H groups in total. The fraction of sp³-hybridized carbons (Fsp3) is 0.227. The van der Waals surface area contributed by atoms with Gasteiger partial charge in [0.25, 0.3) is 5.70 Å². The summed E-state index contributed by atoms with van der Waals surface area (Å²) >= 11 is 5.99. The highest BCUT2D eigenvalue weighted by Gasteiger charge is 2.24. The maximum Gasteiger partial charge on any atom is 0.357 e. The number of halogens is 2. The number of esters is 1. The highest BCUT2D eigenvalue weighted by Crippen LogP contribution is 2.35. The standard InChI is InChI=1S/C22H20ClFN4O5/c1-6-15(28(30)31)11(2)9-27-10-12(3)16-18(22(29)33-5)25-20(26-21(16)27)13-7-8-14(23)19(32-4)17(13)24/h6-8,10H,1,9H2,2-5H3/b15-11-. The van der Waals surface area contributed by atoms with Crippen molar-refractivity contribution >= 4 is 28.6 Å². The van der Waals surface area contributed by atoms with Crippen LogP contribution in [0.2, 0.25) is 5.02 Å². The highest BCUT2D eigenvalue weighted by atomic mass is 35.5. The molecule has 0 unspecified atom stereocenters. The zero-order valence-corrected chi connectivity index (χ0v) is 19.1. The maximum absolute atomic E-state index is 15.1. The van der Waals surface area contributed by atoms with Gasteiger partial charge in [0, 0.05) is 17.8 Å². The van der Waals surface area contributed by atoms with Gasteiger partial charge in [0.1, 0.15) is 5.65 Å². The third kappa shape index (κ3) is 4.29. The van der Waals surface area contributed by atoms with Crippen molar-refractivity contribution in [1.82, 2.24) is 14.5 Å². The first kappa shape index (κ1) is 23.9. The smallest absolute Gasteiger partial charge is 0.357 e. The Morgan fingerprint density at radius 2 is 2.06 bits per heavy atom. The summed E-state index contributed by atoms with van der Waals surface area (Å²) in [6.45, 7) is 6.90. The number of fused-ring (bicyclic) bond motifs is 1. The van der Waals surface area contributed by atoms with E-state index >= 15 is 4.39 Å². The number of hydrogen-bond donors (Lipinski definition) is 0. The lowest BCUT2D eigenvalue weighted by atomic mass is 10.1. The molecule has 11 heteroatoms. The molecule has 0 amide bonds. The van der Waals surface area contributed by atoms with Gasteiger partial charge in [-0.3, -0.25) is 10.1 Å². The molecule has 0 saturated heterocycles. The number of carbonyl (C=O) groups excluding carboxylic acids is 1. The quantitative estimate of drug-likeness (QED) is 0.211. The van der Waals surface area contributed by atoms with Gasteiger partial charge in [-0.2, -0.15) is 0 Å². The number of benzene rings is 1. The molecule has 0 aliphatic carbocycles. The number of nitro groups is 1. The maximum atomic E-state index is 15.1. The van der Waals surface area contributed by atoms with E-state index in [1.807, 2.05) is 0 Å². The number of methoxy groups -OCH3 is 2. The number of ether oxygens (including phenoxy) is 2. The van der Waals surface area contributed by atoms with E-state index in [1.165, 1.54) is 26.4 Å². The summed E-state index contributed by atoms with van der Waals surface area (Å²) in [6, 6.07) is 2.80. The van der Waals surface area contributed by atoms with Gasteiger partial charge in [-0.1, -0.05) is 18.2 Å². The van der Waals surface area contributed by atoms with Crippen LogP contribution in [0.4, 0.5) is 4.39 Å². The van der Waals surface area contributed by atoms with Crippen LogP contribution < -0.4 is 4.74 Å². The molecule has 0 aliphatic heterocycles. The highest BCUT2D eigenvalue weighted by molar-refractivity contribution is 6.32. The van der Waals surface area contributed by atoms with E-state index in [1.54, 1.807) is 24.6 Å². The zero-order valence-electron chi connectivity index (χ0n) is 18.3. The molecule has 9 nitrogen and oxygen atoms in total. The normalized spacial score (nSPS) is 11.8. The van der Waals surface area contributed by atoms with Crippen molar-refractivity contribution in [2.75, 3.05) is 14.2 Å². The van der Waals surface area contributed by atoms with Crippen molar-refractivity contribution in [2.24, 2.45) is 0 Å². The Hall–Kier alpha value is -3.79. The lowest BCUT2D eigenvalue weighted by molar-refractivity contribution is -0.420. The van der Waals surface area contributed by atoms with Crippen molar-refractivity contribution in [3.05, 3.63) is 74.5 Å². The molecule has 2 aromatic heterocycles. The summed E-state index contributed by atoms with van der Waals surface area (Å²) in [4.78, 5) is 32.0. The number of aryl methyl sites for hydroxylation is 1. The Kier molecular flexibility index (Phi) is 6.78. The van der Waals surface area contributed by atoms with E-state index in [0.29, 0.717) is 16.5 Å². The van der Waals surface area contributed by atoms with Gasteiger partial charge in [0.15, 0.2) is 23.1 Å². The summed E-state index contributed by atoms with van der Waals surface area (Å²) in [5.41, 5.74) is 1.06. The first-order valence-electron chi connectivity index (χ1n) is 9.59. The Balaban J connectivity index is 2.33. The molecule has 0 spiro atoms. The van der Waals surface area contributed by atoms with Gasteiger partial charge in [0.2, 0.25) is 0 Å². The fourth-order valence-corrected chi connectivity index (χ4v) is 3.72. The van der Waals surface area contributed by atoms with Crippen LogP contribution in [0.25, 0.3) is 22.4 Å². The van der Waals surface area contributed by atoms with E-state index in [2.05, 4.69) is 16.5 Å². The van der Waals surface area contributed by atoms with Gasteiger partial charge in [-0.25, -0.2) is 19.2 Å². The lowest BCUT2D eigenvalue weighted by Gasteiger charge is -2.11. The molecular weight excluding hydrogens is 455 g/mol. The van der Waals surface area contributed by atoms with Crippen LogP contribution in [0.1, 0.15) is 23.0 Å². The first-order valence-corrected chi connectivity index (χ1v) is 9.97. The Labute approximate surface area is 193 Å². The fourth-order valence-electron chi connectivity index (χ4n) is 3.50. The molecule has 0 atom stereocenters. The molecule has 172 valence electrons. The Morgan fingerprint density at radius 1 is 1.36 bits per heavy atom. The molecule has 0 saturated carbocycles. The minimum absolute atomic E-state index is 0.0435. The number of hydrogen-bond acceptors (Lipinski definition) is 7. The zero-order chi connectivity index (χ0) is 24.4. The molecule has 0 aliphatic rings. The van der Waals surface area contributed by atoms with E-state index in [-0.39, 0.29) is 45.7 Å². The lowest BCUT2D eigenvalue weighted by Crippen LogP contribution is -2.10. The average molecular weight is 475 g/mol. The van der Waals surface area contributed by atoms with Gasteiger partial charge >= 0.3 is 5.97 Å². The topological polar surface area (TPSA) is 109 Å². The molecule has 3 aromatic rings. The molecular formula is C22H20ClFN4O5. The summed E-state index contributed by atoms with van der Waals surface area (Å²) < 4.78 is 26.6. The largest absolute Gasteiger partial charge is 0.492 e. The predicted molar refractivity (Wildman–Crippen MR) is 120 cm³/mol. The molecule has 0 bridgehead atoms. The summed E-state index contributed by atoms with van der Waals surface area (Å²) in [6.07, 6.45) is 2.84. The second kappa shape index (κ2) is 9.37. The summed E-state index contributed by atoms with van der Waals surface area (Å²) in [5, 5.41) is 11.7. The van der Waals surface area contributed by atoms with Crippen LogP contribution in [0.5, 0.6) is 5.75 Å². The number of allylic oxidation sites excluding steroid dienone is 2. The molecule has 3 rings (SSSR count). The predicted octanol–water partition coefficient (Wildman–Crippen LogP) is 4.73. The van der Waals surface area contributed by atoms with Gasteiger partial charge < -0.3 is 14.0 Å². The molecule has 0 radical (unpaired) electrons. The summed E-state index contributed by atoms with van der Waals surface area (Å²) in [5.74, 6) is -1.83.